The number of ether oxygens (including phenoxy) is 3. The van der Waals surface area contributed by atoms with Gasteiger partial charge in [-0.3, -0.25) is 4.79 Å². The topological polar surface area (TPSA) is 73.9 Å². The van der Waals surface area contributed by atoms with Crippen LogP contribution < -0.4 is 14.8 Å². The Morgan fingerprint density at radius 3 is 2.53 bits per heavy atom. The van der Waals surface area contributed by atoms with Crippen LogP contribution in [0.5, 0.6) is 11.5 Å². The number of hydrogen-bond acceptors (Lipinski definition) is 5. The molecule has 0 aromatic heterocycles. The van der Waals surface area contributed by atoms with Crippen LogP contribution in [0.3, 0.4) is 0 Å². The third-order valence-corrected chi connectivity index (χ3v) is 5.81. The fourth-order valence-electron chi connectivity index (χ4n) is 4.00. The van der Waals surface area contributed by atoms with Crippen molar-refractivity contribution < 1.29 is 23.8 Å². The van der Waals surface area contributed by atoms with Gasteiger partial charge in [-0.05, 0) is 44.2 Å². The molecule has 0 spiro atoms. The van der Waals surface area contributed by atoms with Crippen LogP contribution >= 0.6 is 0 Å². The van der Waals surface area contributed by atoms with Gasteiger partial charge in [0.05, 0.1) is 14.2 Å². The van der Waals surface area contributed by atoms with Crippen LogP contribution in [-0.4, -0.2) is 32.6 Å². The summed E-state index contributed by atoms with van der Waals surface area (Å²) in [5.41, 5.74) is 5.32. The number of hydrogen-bond donors (Lipinski definition) is 1. The molecule has 1 N–H and O–H groups in total. The molecule has 1 amide bonds. The summed E-state index contributed by atoms with van der Waals surface area (Å²) in [5.74, 6) is 0.894. The maximum Gasteiger partial charge on any atom is 0.342 e. The van der Waals surface area contributed by atoms with Crippen molar-refractivity contribution in [2.45, 2.75) is 46.1 Å². The van der Waals surface area contributed by atoms with E-state index < -0.39 is 0 Å². The van der Waals surface area contributed by atoms with E-state index in [4.69, 9.17) is 14.2 Å². The molecule has 32 heavy (non-hydrogen) atoms. The van der Waals surface area contributed by atoms with Gasteiger partial charge in [0.25, 0.3) is 0 Å². The summed E-state index contributed by atoms with van der Waals surface area (Å²) in [6.45, 7) is 4.80. The molecule has 1 heterocycles. The van der Waals surface area contributed by atoms with Gasteiger partial charge in [-0.2, -0.15) is 0 Å². The SMILES string of the molecule is COc1c(C)c2c(c(OC)c1C/C=C(\C)CCC(=O)NCCc1ccccc1)C(=O)OC2. The van der Waals surface area contributed by atoms with Crippen molar-refractivity contribution in [3.8, 4) is 11.5 Å². The number of cyclic esters (lactones) is 1. The van der Waals surface area contributed by atoms with Crippen LogP contribution in [-0.2, 0) is 29.0 Å². The summed E-state index contributed by atoms with van der Waals surface area (Å²) < 4.78 is 16.5. The number of benzene rings is 2. The van der Waals surface area contributed by atoms with Crippen LogP contribution in [0.25, 0.3) is 0 Å². The molecule has 1 aliphatic rings. The molecular formula is C26H31NO5. The molecule has 170 valence electrons. The molecule has 0 atom stereocenters. The third-order valence-electron chi connectivity index (χ3n) is 5.81. The zero-order valence-corrected chi connectivity index (χ0v) is 19.2. The average Bonchev–Trinajstić information content (AvgIpc) is 3.19. The van der Waals surface area contributed by atoms with Gasteiger partial charge in [-0.15, -0.1) is 0 Å². The van der Waals surface area contributed by atoms with E-state index in [2.05, 4.69) is 23.5 Å². The van der Waals surface area contributed by atoms with E-state index in [1.165, 1.54) is 5.56 Å². The summed E-state index contributed by atoms with van der Waals surface area (Å²) in [4.78, 5) is 24.4. The number of carbonyl (C=O) groups is 2. The van der Waals surface area contributed by atoms with Crippen molar-refractivity contribution in [3.63, 3.8) is 0 Å². The summed E-state index contributed by atoms with van der Waals surface area (Å²) in [6.07, 6.45) is 4.51. The Hall–Kier alpha value is -3.28. The maximum absolute atomic E-state index is 12.2. The van der Waals surface area contributed by atoms with Crippen LogP contribution in [0.2, 0.25) is 0 Å². The normalized spacial score (nSPS) is 12.9. The second-order valence-electron chi connectivity index (χ2n) is 7.94. The molecule has 0 saturated carbocycles. The number of esters is 1. The zero-order valence-electron chi connectivity index (χ0n) is 19.2. The Bertz CT molecular complexity index is 1010. The fraction of sp³-hybridized carbons (Fsp3) is 0.385. The zero-order chi connectivity index (χ0) is 23.1. The van der Waals surface area contributed by atoms with Gasteiger partial charge in [0, 0.05) is 24.1 Å². The Morgan fingerprint density at radius 2 is 1.84 bits per heavy atom. The van der Waals surface area contributed by atoms with Crippen LogP contribution in [0.1, 0.15) is 52.4 Å². The highest BCUT2D eigenvalue weighted by molar-refractivity contribution is 5.98. The first-order chi connectivity index (χ1) is 15.5. The Kier molecular flexibility index (Phi) is 7.92. The van der Waals surface area contributed by atoms with Gasteiger partial charge in [0.2, 0.25) is 5.91 Å². The van der Waals surface area contributed by atoms with E-state index >= 15 is 0 Å². The number of carbonyl (C=O) groups excluding carboxylic acids is 2. The first-order valence-corrected chi connectivity index (χ1v) is 10.9. The van der Waals surface area contributed by atoms with E-state index in [0.717, 1.165) is 28.7 Å². The van der Waals surface area contributed by atoms with Gasteiger partial charge in [0.1, 0.15) is 23.7 Å². The lowest BCUT2D eigenvalue weighted by molar-refractivity contribution is -0.121. The monoisotopic (exact) mass is 437 g/mol. The van der Waals surface area contributed by atoms with Crippen molar-refractivity contribution in [1.82, 2.24) is 5.32 Å². The average molecular weight is 438 g/mol. The minimum Gasteiger partial charge on any atom is -0.496 e. The highest BCUT2D eigenvalue weighted by atomic mass is 16.5. The highest BCUT2D eigenvalue weighted by Crippen LogP contribution is 2.42. The molecule has 2 aromatic carbocycles. The maximum atomic E-state index is 12.2. The standard InChI is InChI=1S/C26H31NO5/c1-17(11-13-22(28)27-15-14-19-8-6-5-7-9-19)10-12-20-24(30-3)18(2)21-16-32-26(29)23(21)25(20)31-4/h5-10H,11-16H2,1-4H3,(H,27,28)/b17-10+. The molecule has 2 aromatic rings. The molecule has 1 aliphatic heterocycles. The van der Waals surface area contributed by atoms with Crippen molar-refractivity contribution >= 4 is 11.9 Å². The second kappa shape index (κ2) is 10.8. The molecule has 0 saturated heterocycles. The minimum atomic E-state index is -0.364. The quantitative estimate of drug-likeness (QED) is 0.443. The molecule has 6 nitrogen and oxygen atoms in total. The summed E-state index contributed by atoms with van der Waals surface area (Å²) in [7, 11) is 3.17. The van der Waals surface area contributed by atoms with E-state index in [-0.39, 0.29) is 18.5 Å². The van der Waals surface area contributed by atoms with Gasteiger partial charge < -0.3 is 19.5 Å². The smallest absolute Gasteiger partial charge is 0.342 e. The van der Waals surface area contributed by atoms with Gasteiger partial charge in [0.15, 0.2) is 0 Å². The van der Waals surface area contributed by atoms with E-state index in [1.54, 1.807) is 14.2 Å². The molecule has 0 bridgehead atoms. The Morgan fingerprint density at radius 1 is 1.12 bits per heavy atom. The summed E-state index contributed by atoms with van der Waals surface area (Å²) >= 11 is 0. The third kappa shape index (κ3) is 5.31. The number of nitrogens with one attached hydrogen (secondary N) is 1. The first kappa shape index (κ1) is 23.4. The molecular weight excluding hydrogens is 406 g/mol. The van der Waals surface area contributed by atoms with Gasteiger partial charge in [-0.1, -0.05) is 42.0 Å². The van der Waals surface area contributed by atoms with Gasteiger partial charge in [-0.25, -0.2) is 4.79 Å². The molecule has 0 unspecified atom stereocenters. The second-order valence-corrected chi connectivity index (χ2v) is 7.94. The fourth-order valence-corrected chi connectivity index (χ4v) is 4.00. The summed E-state index contributed by atoms with van der Waals surface area (Å²) in [5, 5.41) is 2.98. The highest BCUT2D eigenvalue weighted by Gasteiger charge is 2.32. The Labute approximate surface area is 189 Å². The van der Waals surface area contributed by atoms with Crippen LogP contribution in [0.15, 0.2) is 42.0 Å². The largest absolute Gasteiger partial charge is 0.496 e. The van der Waals surface area contributed by atoms with Crippen LogP contribution in [0.4, 0.5) is 0 Å². The Balaban J connectivity index is 1.61. The molecule has 0 aliphatic carbocycles. The summed E-state index contributed by atoms with van der Waals surface area (Å²) in [6, 6.07) is 10.1. The number of amides is 1. The lowest BCUT2D eigenvalue weighted by Gasteiger charge is -2.18. The lowest BCUT2D eigenvalue weighted by Crippen LogP contribution is -2.25. The molecule has 0 radical (unpaired) electrons. The van der Waals surface area contributed by atoms with Crippen molar-refractivity contribution in [3.05, 3.63) is 69.8 Å². The molecule has 3 rings (SSSR count). The number of allylic oxidation sites excluding steroid dienone is 2. The minimum absolute atomic E-state index is 0.0416. The molecule has 6 heteroatoms. The van der Waals surface area contributed by atoms with Crippen molar-refractivity contribution in [2.75, 3.05) is 20.8 Å². The predicted octanol–water partition coefficient (Wildman–Crippen LogP) is 4.31. The molecule has 0 fully saturated rings. The lowest BCUT2D eigenvalue weighted by atomic mass is 9.94. The predicted molar refractivity (Wildman–Crippen MR) is 123 cm³/mol. The van der Waals surface area contributed by atoms with Crippen molar-refractivity contribution in [1.29, 1.82) is 0 Å². The van der Waals surface area contributed by atoms with E-state index in [9.17, 15) is 9.59 Å². The first-order valence-electron chi connectivity index (χ1n) is 10.9. The number of rotatable bonds is 10. The van der Waals surface area contributed by atoms with E-state index in [0.29, 0.717) is 42.9 Å². The number of methoxy groups -OCH3 is 2. The van der Waals surface area contributed by atoms with Gasteiger partial charge >= 0.3 is 5.97 Å². The van der Waals surface area contributed by atoms with Crippen LogP contribution in [0, 0.1) is 6.92 Å². The van der Waals surface area contributed by atoms with E-state index in [1.807, 2.05) is 32.0 Å². The number of fused-ring (bicyclic) bond motifs is 1. The van der Waals surface area contributed by atoms with Crippen molar-refractivity contribution in [2.24, 2.45) is 0 Å².